The Morgan fingerprint density at radius 1 is 1.22 bits per heavy atom. The van der Waals surface area contributed by atoms with Crippen LogP contribution in [0.1, 0.15) is 12.0 Å². The van der Waals surface area contributed by atoms with Gasteiger partial charge in [-0.2, -0.15) is 5.10 Å². The van der Waals surface area contributed by atoms with Crippen molar-refractivity contribution in [3.05, 3.63) is 60.4 Å². The third kappa shape index (κ3) is 3.55. The van der Waals surface area contributed by atoms with Gasteiger partial charge in [0.15, 0.2) is 0 Å². The lowest BCUT2D eigenvalue weighted by Gasteiger charge is -2.03. The zero-order valence-electron chi connectivity index (χ0n) is 12.4. The molecular weight excluding hydrogens is 292 g/mol. The molecule has 2 aromatic carbocycles. The summed E-state index contributed by atoms with van der Waals surface area (Å²) < 4.78 is 1.93. The second-order valence-corrected chi connectivity index (χ2v) is 5.03. The van der Waals surface area contributed by atoms with Crippen LogP contribution in [0.2, 0.25) is 0 Å². The van der Waals surface area contributed by atoms with Crippen LogP contribution in [-0.4, -0.2) is 26.8 Å². The molecule has 0 bridgehead atoms. The molecule has 0 fully saturated rings. The van der Waals surface area contributed by atoms with E-state index in [1.807, 2.05) is 28.8 Å². The number of aryl methyl sites for hydroxylation is 1. The van der Waals surface area contributed by atoms with E-state index in [1.165, 1.54) is 6.21 Å². The highest BCUT2D eigenvalue weighted by molar-refractivity contribution is 5.85. The number of nitrogens with one attached hydrogen (secondary N) is 1. The predicted molar refractivity (Wildman–Crippen MR) is 88.2 cm³/mol. The van der Waals surface area contributed by atoms with Crippen molar-refractivity contribution >= 4 is 23.2 Å². The van der Waals surface area contributed by atoms with Gasteiger partial charge in [-0.3, -0.25) is 4.79 Å². The van der Waals surface area contributed by atoms with Crippen LogP contribution in [0.5, 0.6) is 5.75 Å². The molecule has 1 aromatic heterocycles. The summed E-state index contributed by atoms with van der Waals surface area (Å²) in [5, 5.41) is 13.4. The van der Waals surface area contributed by atoms with Gasteiger partial charge in [-0.05, 0) is 24.3 Å². The lowest BCUT2D eigenvalue weighted by Crippen LogP contribution is -2.19. The molecule has 1 amide bonds. The van der Waals surface area contributed by atoms with Gasteiger partial charge in [-0.1, -0.05) is 24.3 Å². The van der Waals surface area contributed by atoms with E-state index >= 15 is 0 Å². The molecule has 116 valence electrons. The average Bonchev–Trinajstić information content (AvgIpc) is 2.98. The maximum absolute atomic E-state index is 11.8. The Kier molecular flexibility index (Phi) is 4.33. The lowest BCUT2D eigenvalue weighted by molar-refractivity contribution is -0.121. The molecule has 0 saturated carbocycles. The van der Waals surface area contributed by atoms with Gasteiger partial charge in [0.2, 0.25) is 5.91 Å². The van der Waals surface area contributed by atoms with E-state index in [0.29, 0.717) is 18.5 Å². The Hall–Kier alpha value is -3.15. The topological polar surface area (TPSA) is 79.5 Å². The van der Waals surface area contributed by atoms with Crippen LogP contribution in [0.25, 0.3) is 11.0 Å². The molecule has 3 aromatic rings. The van der Waals surface area contributed by atoms with Gasteiger partial charge < -0.3 is 9.67 Å². The van der Waals surface area contributed by atoms with Gasteiger partial charge in [-0.15, -0.1) is 0 Å². The first-order chi connectivity index (χ1) is 11.2. The Bertz CT molecular complexity index is 854. The van der Waals surface area contributed by atoms with Crippen LogP contribution in [-0.2, 0) is 11.3 Å². The summed E-state index contributed by atoms with van der Waals surface area (Å²) in [6, 6.07) is 14.6. The first kappa shape index (κ1) is 14.8. The minimum atomic E-state index is -0.200. The molecule has 3 rings (SSSR count). The fourth-order valence-electron chi connectivity index (χ4n) is 2.24. The number of aromatic nitrogens is 2. The standard InChI is InChI=1S/C17H16N4O2/c22-16-8-4-1-5-13(16)11-19-20-17(23)9-10-21-12-18-14-6-2-3-7-15(14)21/h1-8,11-12,22H,9-10H2,(H,20,23)/b19-11-. The number of hydrogen-bond acceptors (Lipinski definition) is 4. The van der Waals surface area contributed by atoms with E-state index < -0.39 is 0 Å². The number of aromatic hydroxyl groups is 1. The Balaban J connectivity index is 1.55. The maximum atomic E-state index is 11.8. The van der Waals surface area contributed by atoms with E-state index in [0.717, 1.165) is 11.0 Å². The smallest absolute Gasteiger partial charge is 0.241 e. The zero-order chi connectivity index (χ0) is 16.1. The van der Waals surface area contributed by atoms with E-state index in [1.54, 1.807) is 30.6 Å². The number of fused-ring (bicyclic) bond motifs is 1. The number of phenolic OH excluding ortho intramolecular Hbond substituents is 1. The molecular formula is C17H16N4O2. The van der Waals surface area contributed by atoms with Crippen molar-refractivity contribution in [1.82, 2.24) is 15.0 Å². The number of benzene rings is 2. The third-order valence-corrected chi connectivity index (χ3v) is 3.44. The molecule has 1 heterocycles. The molecule has 0 atom stereocenters. The number of carbonyl (C=O) groups is 1. The van der Waals surface area contributed by atoms with Crippen LogP contribution in [0, 0.1) is 0 Å². The first-order valence-electron chi connectivity index (χ1n) is 7.24. The number of hydrogen-bond donors (Lipinski definition) is 2. The lowest BCUT2D eigenvalue weighted by atomic mass is 10.2. The summed E-state index contributed by atoms with van der Waals surface area (Å²) >= 11 is 0. The number of amides is 1. The predicted octanol–water partition coefficient (Wildman–Crippen LogP) is 2.28. The minimum Gasteiger partial charge on any atom is -0.507 e. The average molecular weight is 308 g/mol. The summed E-state index contributed by atoms with van der Waals surface area (Å²) in [5.74, 6) is -0.0789. The van der Waals surface area contributed by atoms with Crippen LogP contribution in [0.4, 0.5) is 0 Å². The molecule has 6 nitrogen and oxygen atoms in total. The monoisotopic (exact) mass is 308 g/mol. The summed E-state index contributed by atoms with van der Waals surface area (Å²) in [7, 11) is 0. The fourth-order valence-corrected chi connectivity index (χ4v) is 2.24. The number of para-hydroxylation sites is 3. The highest BCUT2D eigenvalue weighted by atomic mass is 16.3. The number of hydrazone groups is 1. The number of phenols is 1. The van der Waals surface area contributed by atoms with Gasteiger partial charge in [0.1, 0.15) is 5.75 Å². The van der Waals surface area contributed by atoms with E-state index in [9.17, 15) is 9.90 Å². The third-order valence-electron chi connectivity index (χ3n) is 3.44. The zero-order valence-corrected chi connectivity index (χ0v) is 12.4. The Labute approximate surface area is 133 Å². The number of imidazole rings is 1. The Morgan fingerprint density at radius 3 is 2.87 bits per heavy atom. The molecule has 6 heteroatoms. The highest BCUT2D eigenvalue weighted by Crippen LogP contribution is 2.13. The molecule has 0 aliphatic carbocycles. The second kappa shape index (κ2) is 6.74. The molecule has 0 saturated heterocycles. The van der Waals surface area contributed by atoms with E-state index in [2.05, 4.69) is 15.5 Å². The van der Waals surface area contributed by atoms with Gasteiger partial charge in [0, 0.05) is 18.5 Å². The first-order valence-corrected chi connectivity index (χ1v) is 7.24. The fraction of sp³-hybridized carbons (Fsp3) is 0.118. The van der Waals surface area contributed by atoms with Gasteiger partial charge in [-0.25, -0.2) is 10.4 Å². The van der Waals surface area contributed by atoms with Crippen molar-refractivity contribution in [2.45, 2.75) is 13.0 Å². The van der Waals surface area contributed by atoms with E-state index in [-0.39, 0.29) is 11.7 Å². The van der Waals surface area contributed by atoms with Crippen molar-refractivity contribution in [2.75, 3.05) is 0 Å². The molecule has 0 aliphatic heterocycles. The SMILES string of the molecule is O=C(CCn1cnc2ccccc21)N/N=C\c1ccccc1O. The minimum absolute atomic E-state index is 0.121. The molecule has 0 aliphatic rings. The van der Waals surface area contributed by atoms with Gasteiger partial charge in [0.25, 0.3) is 0 Å². The largest absolute Gasteiger partial charge is 0.507 e. The van der Waals surface area contributed by atoms with Crippen molar-refractivity contribution < 1.29 is 9.90 Å². The van der Waals surface area contributed by atoms with Crippen LogP contribution in [0.3, 0.4) is 0 Å². The van der Waals surface area contributed by atoms with Crippen molar-refractivity contribution in [1.29, 1.82) is 0 Å². The normalized spacial score (nSPS) is 11.1. The maximum Gasteiger partial charge on any atom is 0.241 e. The van der Waals surface area contributed by atoms with Crippen molar-refractivity contribution in [2.24, 2.45) is 5.10 Å². The Morgan fingerprint density at radius 2 is 2.00 bits per heavy atom. The molecule has 0 radical (unpaired) electrons. The van der Waals surface area contributed by atoms with Gasteiger partial charge >= 0.3 is 0 Å². The van der Waals surface area contributed by atoms with Crippen LogP contribution in [0.15, 0.2) is 60.0 Å². The summed E-state index contributed by atoms with van der Waals surface area (Å²) in [6.07, 6.45) is 3.43. The van der Waals surface area contributed by atoms with Crippen LogP contribution >= 0.6 is 0 Å². The van der Waals surface area contributed by atoms with Crippen molar-refractivity contribution in [3.8, 4) is 5.75 Å². The second-order valence-electron chi connectivity index (χ2n) is 5.03. The molecule has 23 heavy (non-hydrogen) atoms. The quantitative estimate of drug-likeness (QED) is 0.560. The number of nitrogens with zero attached hydrogens (tertiary/aromatic N) is 3. The summed E-state index contributed by atoms with van der Waals surface area (Å²) in [6.45, 7) is 0.526. The number of rotatable bonds is 5. The highest BCUT2D eigenvalue weighted by Gasteiger charge is 2.04. The van der Waals surface area contributed by atoms with E-state index in [4.69, 9.17) is 0 Å². The van der Waals surface area contributed by atoms with Gasteiger partial charge in [0.05, 0.1) is 23.6 Å². The summed E-state index contributed by atoms with van der Waals surface area (Å²) in [5.41, 5.74) is 4.91. The molecule has 0 unspecified atom stereocenters. The van der Waals surface area contributed by atoms with Crippen LogP contribution < -0.4 is 5.43 Å². The molecule has 0 spiro atoms. The number of carbonyl (C=O) groups excluding carboxylic acids is 1. The molecule has 2 N–H and O–H groups in total. The summed E-state index contributed by atoms with van der Waals surface area (Å²) in [4.78, 5) is 16.1. The van der Waals surface area contributed by atoms with Crippen molar-refractivity contribution in [3.63, 3.8) is 0 Å².